The summed E-state index contributed by atoms with van der Waals surface area (Å²) in [6.07, 6.45) is 3.62. The molecule has 0 aromatic carbocycles. The van der Waals surface area contributed by atoms with Crippen molar-refractivity contribution in [2.75, 3.05) is 6.54 Å². The van der Waals surface area contributed by atoms with E-state index in [9.17, 15) is 9.59 Å². The number of carboxylic acids is 1. The third kappa shape index (κ3) is 2.71. The topological polar surface area (TPSA) is 82.2 Å². The van der Waals surface area contributed by atoms with Gasteiger partial charge in [-0.15, -0.1) is 0 Å². The van der Waals surface area contributed by atoms with E-state index in [-0.39, 0.29) is 11.6 Å². The van der Waals surface area contributed by atoms with E-state index in [1.165, 1.54) is 12.8 Å². The number of nitrogens with one attached hydrogen (secondary N) is 2. The average molecular weight is 278 g/mol. The molecule has 0 spiro atoms. The fourth-order valence-corrected chi connectivity index (χ4v) is 3.14. The molecule has 1 aliphatic rings. The van der Waals surface area contributed by atoms with E-state index >= 15 is 0 Å². The van der Waals surface area contributed by atoms with Crippen molar-refractivity contribution >= 4 is 11.9 Å². The lowest BCUT2D eigenvalue weighted by atomic mass is 9.98. The minimum atomic E-state index is -1.03. The summed E-state index contributed by atoms with van der Waals surface area (Å²) >= 11 is 0. The summed E-state index contributed by atoms with van der Waals surface area (Å²) in [4.78, 5) is 26.1. The van der Waals surface area contributed by atoms with Crippen LogP contribution in [0.1, 0.15) is 58.3 Å². The quantitative estimate of drug-likeness (QED) is 0.791. The Kier molecular flexibility index (Phi) is 4.16. The van der Waals surface area contributed by atoms with Crippen LogP contribution in [0.4, 0.5) is 0 Å². The molecule has 20 heavy (non-hydrogen) atoms. The first-order valence-electron chi connectivity index (χ1n) is 7.12. The minimum absolute atomic E-state index is 0.0990. The van der Waals surface area contributed by atoms with Crippen LogP contribution in [-0.2, 0) is 0 Å². The number of carbonyl (C=O) groups is 2. The van der Waals surface area contributed by atoms with Crippen molar-refractivity contribution in [2.24, 2.45) is 11.8 Å². The van der Waals surface area contributed by atoms with Crippen molar-refractivity contribution < 1.29 is 14.7 Å². The zero-order valence-corrected chi connectivity index (χ0v) is 12.2. The lowest BCUT2D eigenvalue weighted by Crippen LogP contribution is -2.30. The molecule has 1 amide bonds. The van der Waals surface area contributed by atoms with Crippen LogP contribution in [0.25, 0.3) is 0 Å². The standard InChI is InChI=1S/C15H22N2O3/c1-8-5-4-6-11(8)7-16-14(18)12-9(2)13(15(19)20)17-10(12)3/h8,11,17H,4-7H2,1-3H3,(H,16,18)(H,19,20). The Labute approximate surface area is 118 Å². The van der Waals surface area contributed by atoms with Crippen molar-refractivity contribution in [2.45, 2.75) is 40.0 Å². The monoisotopic (exact) mass is 278 g/mol. The second-order valence-corrected chi connectivity index (χ2v) is 5.81. The van der Waals surface area contributed by atoms with Crippen LogP contribution in [-0.4, -0.2) is 28.5 Å². The molecule has 2 atom stereocenters. The largest absolute Gasteiger partial charge is 0.477 e. The van der Waals surface area contributed by atoms with Gasteiger partial charge in [0.05, 0.1) is 5.56 Å². The maximum absolute atomic E-state index is 12.3. The number of hydrogen-bond donors (Lipinski definition) is 3. The first-order chi connectivity index (χ1) is 9.41. The van der Waals surface area contributed by atoms with Gasteiger partial charge < -0.3 is 15.4 Å². The number of aryl methyl sites for hydroxylation is 1. The molecule has 5 heteroatoms. The number of hydrogen-bond acceptors (Lipinski definition) is 2. The smallest absolute Gasteiger partial charge is 0.352 e. The molecule has 0 radical (unpaired) electrons. The zero-order chi connectivity index (χ0) is 14.9. The van der Waals surface area contributed by atoms with Crippen LogP contribution in [0.2, 0.25) is 0 Å². The Hall–Kier alpha value is -1.78. The van der Waals surface area contributed by atoms with Gasteiger partial charge in [0.1, 0.15) is 5.69 Å². The van der Waals surface area contributed by atoms with Crippen molar-refractivity contribution in [3.63, 3.8) is 0 Å². The first-order valence-corrected chi connectivity index (χ1v) is 7.12. The van der Waals surface area contributed by atoms with Crippen LogP contribution >= 0.6 is 0 Å². The number of rotatable bonds is 4. The summed E-state index contributed by atoms with van der Waals surface area (Å²) in [6.45, 7) is 6.29. The van der Waals surface area contributed by atoms with E-state index in [4.69, 9.17) is 5.11 Å². The molecule has 2 unspecified atom stereocenters. The van der Waals surface area contributed by atoms with Gasteiger partial charge in [-0.25, -0.2) is 4.79 Å². The number of aromatic amines is 1. The van der Waals surface area contributed by atoms with Crippen LogP contribution in [0, 0.1) is 25.7 Å². The van der Waals surface area contributed by atoms with Gasteiger partial charge in [0.15, 0.2) is 0 Å². The SMILES string of the molecule is Cc1[nH]c(C(=O)O)c(C)c1C(=O)NCC1CCCC1C. The van der Waals surface area contributed by atoms with Crippen LogP contribution in [0.5, 0.6) is 0 Å². The number of amides is 1. The zero-order valence-electron chi connectivity index (χ0n) is 12.2. The summed E-state index contributed by atoms with van der Waals surface area (Å²) in [7, 11) is 0. The van der Waals surface area contributed by atoms with Crippen LogP contribution in [0.15, 0.2) is 0 Å². The van der Waals surface area contributed by atoms with E-state index in [0.29, 0.717) is 35.2 Å². The highest BCUT2D eigenvalue weighted by Gasteiger charge is 2.25. The van der Waals surface area contributed by atoms with Gasteiger partial charge in [-0.1, -0.05) is 19.8 Å². The maximum atomic E-state index is 12.3. The molecule has 2 rings (SSSR count). The normalized spacial score (nSPS) is 21.9. The fourth-order valence-electron chi connectivity index (χ4n) is 3.14. The lowest BCUT2D eigenvalue weighted by Gasteiger charge is -2.16. The second kappa shape index (κ2) is 5.69. The van der Waals surface area contributed by atoms with Gasteiger partial charge in [-0.05, 0) is 37.7 Å². The number of carboxylic acid groups (broad SMARTS) is 1. The highest BCUT2D eigenvalue weighted by Crippen LogP contribution is 2.30. The predicted molar refractivity (Wildman–Crippen MR) is 76.1 cm³/mol. The van der Waals surface area contributed by atoms with Gasteiger partial charge in [0.25, 0.3) is 5.91 Å². The van der Waals surface area contributed by atoms with E-state index in [2.05, 4.69) is 17.2 Å². The molecule has 110 valence electrons. The molecule has 3 N–H and O–H groups in total. The highest BCUT2D eigenvalue weighted by atomic mass is 16.4. The Morgan fingerprint density at radius 2 is 2.05 bits per heavy atom. The molecule has 0 bridgehead atoms. The summed E-state index contributed by atoms with van der Waals surface area (Å²) in [5.41, 5.74) is 1.68. The van der Waals surface area contributed by atoms with Crippen molar-refractivity contribution in [3.05, 3.63) is 22.5 Å². The molecule has 1 saturated carbocycles. The molecule has 1 fully saturated rings. The number of aromatic carboxylic acids is 1. The van der Waals surface area contributed by atoms with Crippen molar-refractivity contribution in [3.8, 4) is 0 Å². The van der Waals surface area contributed by atoms with Gasteiger partial charge in [0.2, 0.25) is 0 Å². The Morgan fingerprint density at radius 1 is 1.35 bits per heavy atom. The molecular weight excluding hydrogens is 256 g/mol. The van der Waals surface area contributed by atoms with Crippen molar-refractivity contribution in [1.82, 2.24) is 10.3 Å². The first kappa shape index (κ1) is 14.6. The second-order valence-electron chi connectivity index (χ2n) is 5.81. The summed E-state index contributed by atoms with van der Waals surface area (Å²) in [5, 5.41) is 12.0. The van der Waals surface area contributed by atoms with E-state index < -0.39 is 5.97 Å². The molecule has 0 aliphatic heterocycles. The van der Waals surface area contributed by atoms with Gasteiger partial charge in [-0.2, -0.15) is 0 Å². The highest BCUT2D eigenvalue weighted by molar-refractivity contribution is 6.00. The Morgan fingerprint density at radius 3 is 2.55 bits per heavy atom. The van der Waals surface area contributed by atoms with E-state index in [1.807, 2.05) is 0 Å². The van der Waals surface area contributed by atoms with Crippen molar-refractivity contribution in [1.29, 1.82) is 0 Å². The molecule has 1 heterocycles. The lowest BCUT2D eigenvalue weighted by molar-refractivity contribution is 0.0690. The average Bonchev–Trinajstić information content (AvgIpc) is 2.90. The molecule has 1 aromatic heterocycles. The van der Waals surface area contributed by atoms with Gasteiger partial charge in [-0.3, -0.25) is 4.79 Å². The van der Waals surface area contributed by atoms with E-state index in [1.54, 1.807) is 13.8 Å². The third-order valence-corrected chi connectivity index (χ3v) is 4.44. The summed E-state index contributed by atoms with van der Waals surface area (Å²) < 4.78 is 0. The van der Waals surface area contributed by atoms with Crippen LogP contribution in [0.3, 0.4) is 0 Å². The number of H-pyrrole nitrogens is 1. The fraction of sp³-hybridized carbons (Fsp3) is 0.600. The predicted octanol–water partition coefficient (Wildman–Crippen LogP) is 2.50. The maximum Gasteiger partial charge on any atom is 0.352 e. The van der Waals surface area contributed by atoms with Gasteiger partial charge >= 0.3 is 5.97 Å². The minimum Gasteiger partial charge on any atom is -0.477 e. The molecular formula is C15H22N2O3. The van der Waals surface area contributed by atoms with Crippen LogP contribution < -0.4 is 5.32 Å². The molecule has 5 nitrogen and oxygen atoms in total. The Bertz CT molecular complexity index is 533. The molecule has 0 saturated heterocycles. The molecule has 1 aliphatic carbocycles. The number of carbonyl (C=O) groups excluding carboxylic acids is 1. The Balaban J connectivity index is 2.07. The van der Waals surface area contributed by atoms with E-state index in [0.717, 1.165) is 6.42 Å². The number of aromatic nitrogens is 1. The third-order valence-electron chi connectivity index (χ3n) is 4.44. The summed E-state index contributed by atoms with van der Waals surface area (Å²) in [5.74, 6) is -0.0207. The summed E-state index contributed by atoms with van der Waals surface area (Å²) in [6, 6.07) is 0. The molecule has 1 aromatic rings. The van der Waals surface area contributed by atoms with Gasteiger partial charge in [0, 0.05) is 12.2 Å².